The Morgan fingerprint density at radius 3 is 2.66 bits per heavy atom. The molecule has 0 aliphatic carbocycles. The number of aryl methyl sites for hydroxylation is 1. The van der Waals surface area contributed by atoms with Crippen molar-refractivity contribution >= 4 is 28.2 Å². The summed E-state index contributed by atoms with van der Waals surface area (Å²) < 4.78 is 11.6. The summed E-state index contributed by atoms with van der Waals surface area (Å²) >= 11 is 0. The van der Waals surface area contributed by atoms with Crippen molar-refractivity contribution in [1.29, 1.82) is 0 Å². The predicted molar refractivity (Wildman–Crippen MR) is 113 cm³/mol. The second kappa shape index (κ2) is 7.31. The molecule has 4 aromatic rings. The Hall–Kier alpha value is -3.81. The molecule has 0 aliphatic heterocycles. The fourth-order valence-electron chi connectivity index (χ4n) is 3.22. The molecule has 8 heteroatoms. The van der Waals surface area contributed by atoms with Gasteiger partial charge in [-0.15, -0.1) is 4.68 Å². The Morgan fingerprint density at radius 2 is 1.90 bits per heavy atom. The average molecular weight is 392 g/mol. The van der Waals surface area contributed by atoms with Gasteiger partial charge in [0.25, 0.3) is 0 Å². The maximum absolute atomic E-state index is 12.8. The highest BCUT2D eigenvalue weighted by Crippen LogP contribution is 2.27. The summed E-state index contributed by atoms with van der Waals surface area (Å²) in [5, 5.41) is 4.88. The number of aromatic amines is 2. The highest BCUT2D eigenvalue weighted by Gasteiger charge is 2.12. The molecule has 0 saturated heterocycles. The van der Waals surface area contributed by atoms with Crippen LogP contribution in [-0.2, 0) is 0 Å². The van der Waals surface area contributed by atoms with Gasteiger partial charge in [-0.1, -0.05) is 11.6 Å². The minimum absolute atomic E-state index is 0.298. The lowest BCUT2D eigenvalue weighted by atomic mass is 10.2. The van der Waals surface area contributed by atoms with Gasteiger partial charge in [0.15, 0.2) is 11.5 Å². The van der Waals surface area contributed by atoms with E-state index in [1.54, 1.807) is 25.3 Å². The van der Waals surface area contributed by atoms with E-state index in [0.717, 1.165) is 21.1 Å². The number of rotatable bonds is 5. The van der Waals surface area contributed by atoms with E-state index in [4.69, 9.17) is 9.47 Å². The van der Waals surface area contributed by atoms with Crippen molar-refractivity contribution in [2.24, 2.45) is 5.10 Å². The molecule has 0 unspecified atom stereocenters. The lowest BCUT2D eigenvalue weighted by Crippen LogP contribution is -2.32. The normalized spacial score (nSPS) is 11.6. The number of fused-ring (bicyclic) bond motifs is 3. The van der Waals surface area contributed by atoms with Crippen molar-refractivity contribution in [3.8, 4) is 11.5 Å². The Bertz CT molecular complexity index is 1360. The average Bonchev–Trinajstić information content (AvgIpc) is 3.07. The number of ether oxygens (including phenoxy) is 2. The molecule has 2 heterocycles. The molecule has 8 nitrogen and oxygen atoms in total. The van der Waals surface area contributed by atoms with Crippen LogP contribution in [-0.4, -0.2) is 34.6 Å². The van der Waals surface area contributed by atoms with E-state index in [1.807, 2.05) is 32.0 Å². The zero-order valence-electron chi connectivity index (χ0n) is 16.3. The molecular formula is C21H20N4O4. The largest absolute Gasteiger partial charge is 0.493 e. The second-order valence-corrected chi connectivity index (χ2v) is 6.56. The van der Waals surface area contributed by atoms with Crippen molar-refractivity contribution in [3.05, 3.63) is 68.4 Å². The summed E-state index contributed by atoms with van der Waals surface area (Å²) in [6.45, 7) is 4.35. The van der Waals surface area contributed by atoms with Gasteiger partial charge in [0.1, 0.15) is 5.52 Å². The number of benzene rings is 2. The summed E-state index contributed by atoms with van der Waals surface area (Å²) in [4.78, 5) is 31.2. The number of H-pyrrole nitrogens is 2. The predicted octanol–water partition coefficient (Wildman–Crippen LogP) is 2.77. The first-order valence-corrected chi connectivity index (χ1v) is 9.14. The summed E-state index contributed by atoms with van der Waals surface area (Å²) in [6, 6.07) is 11.0. The van der Waals surface area contributed by atoms with Crippen molar-refractivity contribution in [2.45, 2.75) is 13.8 Å². The number of hydrogen-bond acceptors (Lipinski definition) is 5. The molecule has 148 valence electrons. The van der Waals surface area contributed by atoms with Gasteiger partial charge < -0.3 is 19.4 Å². The zero-order chi connectivity index (χ0) is 20.5. The third-order valence-corrected chi connectivity index (χ3v) is 4.59. The van der Waals surface area contributed by atoms with Crippen LogP contribution in [0.15, 0.2) is 51.1 Å². The number of hydrogen-bond donors (Lipinski definition) is 2. The Balaban J connectivity index is 1.79. The summed E-state index contributed by atoms with van der Waals surface area (Å²) in [5.41, 5.74) is 2.11. The maximum Gasteiger partial charge on any atom is 0.350 e. The van der Waals surface area contributed by atoms with Crippen LogP contribution in [0.5, 0.6) is 11.5 Å². The molecule has 0 saturated carbocycles. The smallest absolute Gasteiger partial charge is 0.350 e. The second-order valence-electron chi connectivity index (χ2n) is 6.56. The van der Waals surface area contributed by atoms with Crippen molar-refractivity contribution in [1.82, 2.24) is 14.6 Å². The van der Waals surface area contributed by atoms with Crippen LogP contribution in [0, 0.1) is 6.92 Å². The van der Waals surface area contributed by atoms with E-state index in [1.165, 1.54) is 6.21 Å². The first-order chi connectivity index (χ1) is 14.0. The van der Waals surface area contributed by atoms with Crippen LogP contribution in [0.2, 0.25) is 0 Å². The molecule has 0 amide bonds. The van der Waals surface area contributed by atoms with Gasteiger partial charge in [0, 0.05) is 10.9 Å². The van der Waals surface area contributed by atoms with E-state index in [-0.39, 0.29) is 0 Å². The number of aromatic nitrogens is 3. The summed E-state index contributed by atoms with van der Waals surface area (Å²) in [7, 11) is 1.54. The molecule has 0 spiro atoms. The van der Waals surface area contributed by atoms with Gasteiger partial charge in [-0.2, -0.15) is 5.10 Å². The van der Waals surface area contributed by atoms with Gasteiger partial charge in [-0.05, 0) is 49.7 Å². The number of methoxy groups -OCH3 is 1. The standard InChI is InChI=1S/C21H20N4O4/c1-4-29-16-8-6-13(10-17(16)28-3)11-22-25-20(26)19-18(24-21(25)27)14-9-12(2)5-7-15(14)23-19/h5-11,23H,4H2,1-3H3,(H,24,27)/b22-11+. The van der Waals surface area contributed by atoms with Crippen LogP contribution in [0.4, 0.5) is 0 Å². The molecular weight excluding hydrogens is 372 g/mol. The zero-order valence-corrected chi connectivity index (χ0v) is 16.3. The van der Waals surface area contributed by atoms with Crippen LogP contribution < -0.4 is 20.7 Å². The van der Waals surface area contributed by atoms with Gasteiger partial charge in [0.2, 0.25) is 0 Å². The molecule has 0 radical (unpaired) electrons. The Kier molecular flexibility index (Phi) is 4.67. The first kappa shape index (κ1) is 18.5. The van der Waals surface area contributed by atoms with Gasteiger partial charge in [-0.25, -0.2) is 4.79 Å². The minimum atomic E-state index is -0.612. The van der Waals surface area contributed by atoms with Crippen LogP contribution >= 0.6 is 0 Å². The van der Waals surface area contributed by atoms with E-state index in [9.17, 15) is 9.59 Å². The Labute approximate surface area is 165 Å². The van der Waals surface area contributed by atoms with Gasteiger partial charge in [0.05, 0.1) is 25.4 Å². The van der Waals surface area contributed by atoms with Crippen LogP contribution in [0.1, 0.15) is 18.1 Å². The van der Waals surface area contributed by atoms with E-state index < -0.39 is 11.2 Å². The van der Waals surface area contributed by atoms with Crippen molar-refractivity contribution in [2.75, 3.05) is 13.7 Å². The molecule has 29 heavy (non-hydrogen) atoms. The monoisotopic (exact) mass is 392 g/mol. The third kappa shape index (κ3) is 3.29. The van der Waals surface area contributed by atoms with Gasteiger partial charge >= 0.3 is 11.2 Å². The number of nitrogens with one attached hydrogen (secondary N) is 2. The van der Waals surface area contributed by atoms with E-state index in [0.29, 0.717) is 34.7 Å². The summed E-state index contributed by atoms with van der Waals surface area (Å²) in [5.74, 6) is 1.15. The fourth-order valence-corrected chi connectivity index (χ4v) is 3.22. The topological polar surface area (TPSA) is 101 Å². The highest BCUT2D eigenvalue weighted by atomic mass is 16.5. The molecule has 0 fully saturated rings. The molecule has 4 rings (SSSR count). The van der Waals surface area contributed by atoms with Gasteiger partial charge in [-0.3, -0.25) is 4.79 Å². The number of nitrogens with zero attached hydrogens (tertiary/aromatic N) is 2. The van der Waals surface area contributed by atoms with Crippen LogP contribution in [0.25, 0.3) is 21.9 Å². The fraction of sp³-hybridized carbons (Fsp3) is 0.190. The quantitative estimate of drug-likeness (QED) is 0.510. The molecule has 2 N–H and O–H groups in total. The molecule has 2 aromatic carbocycles. The maximum atomic E-state index is 12.8. The van der Waals surface area contributed by atoms with Crippen LogP contribution in [0.3, 0.4) is 0 Å². The molecule has 0 aliphatic rings. The summed E-state index contributed by atoms with van der Waals surface area (Å²) in [6.07, 6.45) is 1.42. The molecule has 0 atom stereocenters. The first-order valence-electron chi connectivity index (χ1n) is 9.14. The van der Waals surface area contributed by atoms with Crippen molar-refractivity contribution < 1.29 is 9.47 Å². The highest BCUT2D eigenvalue weighted by molar-refractivity contribution is 6.04. The lowest BCUT2D eigenvalue weighted by molar-refractivity contribution is 0.311. The SMILES string of the molecule is CCOc1ccc(/C=N/n2c(=O)[nH]c3c([nH]c4ccc(C)cc43)c2=O)cc1OC. The Morgan fingerprint density at radius 1 is 1.07 bits per heavy atom. The molecule has 2 aromatic heterocycles. The lowest BCUT2D eigenvalue weighted by Gasteiger charge is -2.09. The molecule has 0 bridgehead atoms. The minimum Gasteiger partial charge on any atom is -0.493 e. The third-order valence-electron chi connectivity index (χ3n) is 4.59. The van der Waals surface area contributed by atoms with E-state index >= 15 is 0 Å². The van der Waals surface area contributed by atoms with E-state index in [2.05, 4.69) is 15.1 Å². The van der Waals surface area contributed by atoms with Crippen molar-refractivity contribution in [3.63, 3.8) is 0 Å².